The maximum atomic E-state index is 5.67. The average molecular weight is 230 g/mol. The lowest BCUT2D eigenvalue weighted by molar-refractivity contribution is 0.444. The Labute approximate surface area is 102 Å². The zero-order valence-electron chi connectivity index (χ0n) is 10.4. The highest BCUT2D eigenvalue weighted by molar-refractivity contribution is 5.45. The molecule has 3 nitrogen and oxygen atoms in total. The molecule has 1 atom stereocenters. The summed E-state index contributed by atoms with van der Waals surface area (Å²) in [7, 11) is 3.86. The molecule has 2 rings (SSSR count). The summed E-state index contributed by atoms with van der Waals surface area (Å²) in [4.78, 5) is 0. The van der Waals surface area contributed by atoms with E-state index in [2.05, 4.69) is 34.9 Å². The highest BCUT2D eigenvalue weighted by Crippen LogP contribution is 2.24. The summed E-state index contributed by atoms with van der Waals surface area (Å²) in [6.45, 7) is 1.96. The van der Waals surface area contributed by atoms with Crippen LogP contribution in [0.3, 0.4) is 0 Å². The van der Waals surface area contributed by atoms with Crippen LogP contribution >= 0.6 is 0 Å². The Balaban J connectivity index is 2.28. The van der Waals surface area contributed by atoms with E-state index < -0.39 is 0 Å². The fourth-order valence-corrected chi connectivity index (χ4v) is 1.92. The molecule has 1 unspecified atom stereocenters. The number of anilines is 1. The average Bonchev–Trinajstić information content (AvgIpc) is 2.78. The van der Waals surface area contributed by atoms with Crippen molar-refractivity contribution < 1.29 is 4.42 Å². The van der Waals surface area contributed by atoms with Crippen LogP contribution in [0, 0.1) is 6.92 Å². The van der Waals surface area contributed by atoms with E-state index in [1.165, 1.54) is 5.56 Å². The second kappa shape index (κ2) is 5.06. The Morgan fingerprint density at radius 3 is 2.18 bits per heavy atom. The molecule has 0 radical (unpaired) electrons. The maximum absolute atomic E-state index is 5.67. The zero-order valence-corrected chi connectivity index (χ0v) is 10.4. The topological polar surface area (TPSA) is 37.2 Å². The molecule has 0 bridgehead atoms. The van der Waals surface area contributed by atoms with E-state index in [-0.39, 0.29) is 6.04 Å². The molecule has 0 amide bonds. The number of benzene rings is 1. The van der Waals surface area contributed by atoms with Crippen molar-refractivity contribution in [3.8, 4) is 0 Å². The minimum absolute atomic E-state index is 0.106. The number of nitrogens with one attached hydrogen (secondary N) is 2. The summed E-state index contributed by atoms with van der Waals surface area (Å²) >= 11 is 0. The quantitative estimate of drug-likeness (QED) is 0.848. The monoisotopic (exact) mass is 230 g/mol. The molecule has 0 spiro atoms. The molecule has 2 N–H and O–H groups in total. The standard InChI is InChI=1S/C14H18N2O/c1-10-4-9-13(17-10)14(16-3)11-5-7-12(15-2)8-6-11/h4-9,14-16H,1-3H3. The predicted octanol–water partition coefficient (Wildman–Crippen LogP) is 2.94. The molecule has 1 aromatic heterocycles. The predicted molar refractivity (Wildman–Crippen MR) is 70.3 cm³/mol. The first-order valence-electron chi connectivity index (χ1n) is 5.76. The summed E-state index contributed by atoms with van der Waals surface area (Å²) in [5.74, 6) is 1.88. The minimum Gasteiger partial charge on any atom is -0.464 e. The third-order valence-electron chi connectivity index (χ3n) is 2.87. The molecular weight excluding hydrogens is 212 g/mol. The van der Waals surface area contributed by atoms with E-state index in [0.717, 1.165) is 17.2 Å². The van der Waals surface area contributed by atoms with E-state index >= 15 is 0 Å². The van der Waals surface area contributed by atoms with Gasteiger partial charge in [-0.15, -0.1) is 0 Å². The van der Waals surface area contributed by atoms with Gasteiger partial charge in [0.2, 0.25) is 0 Å². The van der Waals surface area contributed by atoms with Crippen molar-refractivity contribution in [3.05, 3.63) is 53.5 Å². The summed E-state index contributed by atoms with van der Waals surface area (Å²) in [6, 6.07) is 12.4. The van der Waals surface area contributed by atoms with Crippen LogP contribution in [0.4, 0.5) is 5.69 Å². The Morgan fingerprint density at radius 1 is 1.00 bits per heavy atom. The van der Waals surface area contributed by atoms with Gasteiger partial charge in [-0.25, -0.2) is 0 Å². The largest absolute Gasteiger partial charge is 0.464 e. The molecule has 17 heavy (non-hydrogen) atoms. The third kappa shape index (κ3) is 2.50. The SMILES string of the molecule is CNc1ccc(C(NC)c2ccc(C)o2)cc1. The zero-order chi connectivity index (χ0) is 12.3. The Bertz CT molecular complexity index is 473. The van der Waals surface area contributed by atoms with Crippen LogP contribution < -0.4 is 10.6 Å². The van der Waals surface area contributed by atoms with E-state index in [4.69, 9.17) is 4.42 Å². The lowest BCUT2D eigenvalue weighted by Gasteiger charge is -2.14. The molecule has 0 aliphatic heterocycles. The molecule has 1 heterocycles. The highest BCUT2D eigenvalue weighted by Gasteiger charge is 2.14. The molecule has 1 aromatic carbocycles. The number of rotatable bonds is 4. The van der Waals surface area contributed by atoms with E-state index in [1.807, 2.05) is 33.2 Å². The van der Waals surface area contributed by atoms with Gasteiger partial charge in [-0.1, -0.05) is 12.1 Å². The van der Waals surface area contributed by atoms with Gasteiger partial charge >= 0.3 is 0 Å². The first-order chi connectivity index (χ1) is 8.24. The molecule has 0 saturated carbocycles. The first kappa shape index (κ1) is 11.7. The van der Waals surface area contributed by atoms with Crippen molar-refractivity contribution >= 4 is 5.69 Å². The van der Waals surface area contributed by atoms with Crippen LogP contribution in [0.5, 0.6) is 0 Å². The Hall–Kier alpha value is -1.74. The van der Waals surface area contributed by atoms with Gasteiger partial charge in [0.05, 0.1) is 6.04 Å². The molecule has 0 fully saturated rings. The molecule has 0 aliphatic carbocycles. The van der Waals surface area contributed by atoms with Crippen LogP contribution in [-0.4, -0.2) is 14.1 Å². The molecule has 0 saturated heterocycles. The van der Waals surface area contributed by atoms with Crippen molar-refractivity contribution in [3.63, 3.8) is 0 Å². The molecule has 0 aliphatic rings. The van der Waals surface area contributed by atoms with Crippen molar-refractivity contribution in [1.29, 1.82) is 0 Å². The second-order valence-corrected chi connectivity index (χ2v) is 4.04. The van der Waals surface area contributed by atoms with Gasteiger partial charge in [-0.3, -0.25) is 0 Å². The van der Waals surface area contributed by atoms with Crippen molar-refractivity contribution in [1.82, 2.24) is 5.32 Å². The van der Waals surface area contributed by atoms with Crippen molar-refractivity contribution in [2.45, 2.75) is 13.0 Å². The molecule has 3 heteroatoms. The summed E-state index contributed by atoms with van der Waals surface area (Å²) in [5, 5.41) is 6.38. The van der Waals surface area contributed by atoms with Crippen LogP contribution in [0.15, 0.2) is 40.8 Å². The summed E-state index contributed by atoms with van der Waals surface area (Å²) in [6.07, 6.45) is 0. The van der Waals surface area contributed by atoms with Gasteiger partial charge in [0.15, 0.2) is 0 Å². The number of aryl methyl sites for hydroxylation is 1. The van der Waals surface area contributed by atoms with Crippen LogP contribution in [0.1, 0.15) is 23.1 Å². The summed E-state index contributed by atoms with van der Waals surface area (Å²) < 4.78 is 5.67. The first-order valence-corrected chi connectivity index (χ1v) is 5.76. The number of hydrogen-bond donors (Lipinski definition) is 2. The lowest BCUT2D eigenvalue weighted by Crippen LogP contribution is -2.16. The van der Waals surface area contributed by atoms with Gasteiger partial charge in [-0.2, -0.15) is 0 Å². The van der Waals surface area contributed by atoms with Gasteiger partial charge in [-0.05, 0) is 43.8 Å². The maximum Gasteiger partial charge on any atom is 0.125 e. The Kier molecular flexibility index (Phi) is 3.49. The summed E-state index contributed by atoms with van der Waals surface area (Å²) in [5.41, 5.74) is 2.31. The van der Waals surface area contributed by atoms with E-state index in [1.54, 1.807) is 0 Å². The van der Waals surface area contributed by atoms with Crippen molar-refractivity contribution in [2.24, 2.45) is 0 Å². The van der Waals surface area contributed by atoms with Crippen molar-refractivity contribution in [2.75, 3.05) is 19.4 Å². The van der Waals surface area contributed by atoms with Gasteiger partial charge in [0.25, 0.3) is 0 Å². The second-order valence-electron chi connectivity index (χ2n) is 4.04. The number of furan rings is 1. The lowest BCUT2D eigenvalue weighted by atomic mass is 10.0. The van der Waals surface area contributed by atoms with Crippen LogP contribution in [0.25, 0.3) is 0 Å². The smallest absolute Gasteiger partial charge is 0.125 e. The highest BCUT2D eigenvalue weighted by atomic mass is 16.3. The van der Waals surface area contributed by atoms with Crippen LogP contribution in [0.2, 0.25) is 0 Å². The molecule has 2 aromatic rings. The van der Waals surface area contributed by atoms with Gasteiger partial charge in [0.1, 0.15) is 11.5 Å². The third-order valence-corrected chi connectivity index (χ3v) is 2.87. The van der Waals surface area contributed by atoms with Gasteiger partial charge < -0.3 is 15.1 Å². The van der Waals surface area contributed by atoms with E-state index in [9.17, 15) is 0 Å². The molecular formula is C14H18N2O. The van der Waals surface area contributed by atoms with Crippen LogP contribution in [-0.2, 0) is 0 Å². The van der Waals surface area contributed by atoms with E-state index in [0.29, 0.717) is 0 Å². The van der Waals surface area contributed by atoms with Gasteiger partial charge in [0, 0.05) is 12.7 Å². The molecule has 90 valence electrons. The normalized spacial score (nSPS) is 12.4. The fourth-order valence-electron chi connectivity index (χ4n) is 1.92. The Morgan fingerprint density at radius 2 is 1.71 bits per heavy atom. The fraction of sp³-hybridized carbons (Fsp3) is 0.286. The minimum atomic E-state index is 0.106. The number of hydrogen-bond acceptors (Lipinski definition) is 3.